The zero-order valence-electron chi connectivity index (χ0n) is 14.2. The lowest BCUT2D eigenvalue weighted by atomic mass is 10.2. The molecule has 0 aliphatic heterocycles. The van der Waals surface area contributed by atoms with Crippen LogP contribution in [0.2, 0.25) is 0 Å². The number of carbonyl (C=O) groups excluding carboxylic acids is 1. The van der Waals surface area contributed by atoms with Gasteiger partial charge in [0.25, 0.3) is 0 Å². The fraction of sp³-hybridized carbons (Fsp3) is 0.211. The molecule has 0 aliphatic rings. The summed E-state index contributed by atoms with van der Waals surface area (Å²) in [5.74, 6) is 1.52. The molecule has 1 atom stereocenters. The Labute approximate surface area is 146 Å². The van der Waals surface area contributed by atoms with Gasteiger partial charge in [-0.1, -0.05) is 0 Å². The van der Waals surface area contributed by atoms with Crippen LogP contribution in [0.3, 0.4) is 0 Å². The molecule has 0 bridgehead atoms. The van der Waals surface area contributed by atoms with Crippen molar-refractivity contribution in [2.24, 2.45) is 0 Å². The molecule has 25 heavy (non-hydrogen) atoms. The number of carbonyl (C=O) groups is 1. The van der Waals surface area contributed by atoms with Crippen molar-refractivity contribution in [3.8, 4) is 17.1 Å². The van der Waals surface area contributed by atoms with E-state index in [0.717, 1.165) is 22.8 Å². The number of nitrogens with one attached hydrogen (secondary N) is 1. The lowest BCUT2D eigenvalue weighted by molar-refractivity contribution is -0.114. The van der Waals surface area contributed by atoms with Crippen molar-refractivity contribution in [3.63, 3.8) is 0 Å². The largest absolute Gasteiger partial charge is 0.487 e. The highest BCUT2D eigenvalue weighted by atomic mass is 16.5. The van der Waals surface area contributed by atoms with E-state index in [4.69, 9.17) is 4.74 Å². The topological polar surface area (TPSA) is 69.0 Å². The summed E-state index contributed by atoms with van der Waals surface area (Å²) in [7, 11) is 0. The average Bonchev–Trinajstić information content (AvgIpc) is 3.04. The molecule has 128 valence electrons. The first-order valence-electron chi connectivity index (χ1n) is 8.07. The number of benzene rings is 1. The molecule has 0 aliphatic carbocycles. The second-order valence-corrected chi connectivity index (χ2v) is 5.78. The lowest BCUT2D eigenvalue weighted by Crippen LogP contribution is -2.19. The summed E-state index contributed by atoms with van der Waals surface area (Å²) in [6.45, 7) is 4.17. The van der Waals surface area contributed by atoms with E-state index in [1.807, 2.05) is 49.5 Å². The van der Waals surface area contributed by atoms with Gasteiger partial charge in [0.05, 0.1) is 12.7 Å². The number of aromatic nitrogens is 3. The predicted octanol–water partition coefficient (Wildman–Crippen LogP) is 3.37. The van der Waals surface area contributed by atoms with Gasteiger partial charge < -0.3 is 14.6 Å². The average molecular weight is 336 g/mol. The van der Waals surface area contributed by atoms with Gasteiger partial charge in [0, 0.05) is 36.8 Å². The highest BCUT2D eigenvalue weighted by Crippen LogP contribution is 2.21. The smallest absolute Gasteiger partial charge is 0.221 e. The summed E-state index contributed by atoms with van der Waals surface area (Å²) in [5, 5.41) is 2.76. The third-order valence-corrected chi connectivity index (χ3v) is 3.60. The van der Waals surface area contributed by atoms with Crippen molar-refractivity contribution in [3.05, 3.63) is 61.2 Å². The van der Waals surface area contributed by atoms with Gasteiger partial charge in [-0.2, -0.15) is 0 Å². The molecule has 0 saturated carbocycles. The van der Waals surface area contributed by atoms with Crippen LogP contribution in [0.4, 0.5) is 5.69 Å². The minimum Gasteiger partial charge on any atom is -0.487 e. The monoisotopic (exact) mass is 336 g/mol. The number of amides is 1. The molecular weight excluding hydrogens is 316 g/mol. The number of nitrogens with zero attached hydrogens (tertiary/aromatic N) is 3. The van der Waals surface area contributed by atoms with Crippen molar-refractivity contribution >= 4 is 11.6 Å². The fourth-order valence-corrected chi connectivity index (χ4v) is 2.59. The Morgan fingerprint density at radius 1 is 1.24 bits per heavy atom. The van der Waals surface area contributed by atoms with Gasteiger partial charge in [-0.05, 0) is 43.3 Å². The highest BCUT2D eigenvalue weighted by molar-refractivity contribution is 5.88. The Morgan fingerprint density at radius 2 is 2.04 bits per heavy atom. The van der Waals surface area contributed by atoms with Gasteiger partial charge in [-0.15, -0.1) is 0 Å². The van der Waals surface area contributed by atoms with Crippen LogP contribution in [0.1, 0.15) is 13.8 Å². The van der Waals surface area contributed by atoms with Crippen molar-refractivity contribution in [1.29, 1.82) is 0 Å². The van der Waals surface area contributed by atoms with E-state index in [1.165, 1.54) is 6.92 Å². The Kier molecular flexibility index (Phi) is 5.09. The third-order valence-electron chi connectivity index (χ3n) is 3.60. The molecule has 1 amide bonds. The molecule has 0 spiro atoms. The summed E-state index contributed by atoms with van der Waals surface area (Å²) >= 11 is 0. The first-order chi connectivity index (χ1) is 12.1. The van der Waals surface area contributed by atoms with Crippen LogP contribution in [0.25, 0.3) is 11.4 Å². The van der Waals surface area contributed by atoms with E-state index in [2.05, 4.69) is 19.9 Å². The van der Waals surface area contributed by atoms with E-state index in [9.17, 15) is 4.79 Å². The number of pyridine rings is 1. The van der Waals surface area contributed by atoms with Crippen LogP contribution in [-0.4, -0.2) is 26.5 Å². The molecule has 1 N–H and O–H groups in total. The zero-order valence-corrected chi connectivity index (χ0v) is 14.2. The molecule has 2 heterocycles. The first kappa shape index (κ1) is 16.7. The molecule has 2 aromatic heterocycles. The van der Waals surface area contributed by atoms with Crippen molar-refractivity contribution in [2.45, 2.75) is 26.5 Å². The first-order valence-corrected chi connectivity index (χ1v) is 8.07. The van der Waals surface area contributed by atoms with Gasteiger partial charge in [-0.3, -0.25) is 9.78 Å². The molecule has 1 aromatic carbocycles. The number of rotatable bonds is 6. The van der Waals surface area contributed by atoms with Crippen LogP contribution in [-0.2, 0) is 11.3 Å². The molecule has 3 rings (SSSR count). The maximum Gasteiger partial charge on any atom is 0.221 e. The quantitative estimate of drug-likeness (QED) is 0.749. The Hall–Kier alpha value is -3.15. The Balaban J connectivity index is 1.70. The summed E-state index contributed by atoms with van der Waals surface area (Å²) in [5.41, 5.74) is 1.75. The Morgan fingerprint density at radius 3 is 2.72 bits per heavy atom. The predicted molar refractivity (Wildman–Crippen MR) is 96.3 cm³/mol. The van der Waals surface area contributed by atoms with E-state index in [0.29, 0.717) is 6.54 Å². The van der Waals surface area contributed by atoms with E-state index in [1.54, 1.807) is 18.6 Å². The van der Waals surface area contributed by atoms with Gasteiger partial charge in [0.15, 0.2) is 0 Å². The number of hydrogen-bond acceptors (Lipinski definition) is 4. The minimum absolute atomic E-state index is 0.0317. The molecule has 1 unspecified atom stereocenters. The molecule has 0 saturated heterocycles. The number of imidazole rings is 1. The maximum absolute atomic E-state index is 11.1. The van der Waals surface area contributed by atoms with Crippen molar-refractivity contribution in [2.75, 3.05) is 5.32 Å². The molecule has 3 aromatic rings. The fourth-order valence-electron chi connectivity index (χ4n) is 2.59. The van der Waals surface area contributed by atoms with E-state index < -0.39 is 0 Å². The van der Waals surface area contributed by atoms with Crippen LogP contribution in [0, 0.1) is 0 Å². The van der Waals surface area contributed by atoms with Crippen molar-refractivity contribution in [1.82, 2.24) is 14.5 Å². The van der Waals surface area contributed by atoms with E-state index >= 15 is 0 Å². The van der Waals surface area contributed by atoms with Crippen LogP contribution >= 0.6 is 0 Å². The number of anilines is 1. The Bertz CT molecular complexity index is 828. The zero-order chi connectivity index (χ0) is 17.6. The van der Waals surface area contributed by atoms with Gasteiger partial charge in [0.1, 0.15) is 17.7 Å². The van der Waals surface area contributed by atoms with Gasteiger partial charge in [0.2, 0.25) is 5.91 Å². The second-order valence-electron chi connectivity index (χ2n) is 5.78. The van der Waals surface area contributed by atoms with Crippen LogP contribution in [0.5, 0.6) is 5.75 Å². The van der Waals surface area contributed by atoms with E-state index in [-0.39, 0.29) is 12.0 Å². The minimum atomic E-state index is -0.0874. The van der Waals surface area contributed by atoms with Crippen LogP contribution < -0.4 is 10.1 Å². The van der Waals surface area contributed by atoms with Gasteiger partial charge >= 0.3 is 0 Å². The van der Waals surface area contributed by atoms with Crippen LogP contribution in [0.15, 0.2) is 61.2 Å². The highest BCUT2D eigenvalue weighted by Gasteiger charge is 2.11. The van der Waals surface area contributed by atoms with Gasteiger partial charge in [-0.25, -0.2) is 4.98 Å². The molecule has 0 radical (unpaired) electrons. The molecule has 6 heteroatoms. The molecular formula is C19H20N4O2. The van der Waals surface area contributed by atoms with Crippen molar-refractivity contribution < 1.29 is 9.53 Å². The number of ether oxygens (including phenoxy) is 1. The summed E-state index contributed by atoms with van der Waals surface area (Å²) in [6.07, 6.45) is 7.09. The molecule has 6 nitrogen and oxygen atoms in total. The second kappa shape index (κ2) is 7.61. The SMILES string of the molecule is CC(=O)Nc1ccc(-c2nccn2CC(C)Oc2cccnc2)cc1. The molecule has 0 fully saturated rings. The summed E-state index contributed by atoms with van der Waals surface area (Å²) < 4.78 is 7.93. The third kappa shape index (κ3) is 4.44. The standard InChI is InChI=1S/C19H20N4O2/c1-14(25-18-4-3-9-20-12-18)13-23-11-10-21-19(23)16-5-7-17(8-6-16)22-15(2)24/h3-12,14H,13H2,1-2H3,(H,22,24). The normalized spacial score (nSPS) is 11.8. The number of hydrogen-bond donors (Lipinski definition) is 1. The summed E-state index contributed by atoms with van der Waals surface area (Å²) in [6, 6.07) is 11.4. The maximum atomic E-state index is 11.1. The summed E-state index contributed by atoms with van der Waals surface area (Å²) in [4.78, 5) is 19.6. The lowest BCUT2D eigenvalue weighted by Gasteiger charge is -2.16.